The lowest BCUT2D eigenvalue weighted by Gasteiger charge is -2.09. The number of amides is 1. The molecule has 5 rings (SSSR count). The van der Waals surface area contributed by atoms with Gasteiger partial charge in [0.05, 0.1) is 10.9 Å². The maximum Gasteiger partial charge on any atom is 0.268 e. The predicted octanol–water partition coefficient (Wildman–Crippen LogP) is 4.27. The Hall–Kier alpha value is -3.85. The minimum atomic E-state index is -0.466. The average molecular weight is 462 g/mol. The van der Waals surface area contributed by atoms with Crippen LogP contribution in [-0.2, 0) is 13.6 Å². The number of fused-ring (bicyclic) bond motifs is 2. The molecule has 3 heterocycles. The third kappa shape index (κ3) is 3.80. The zero-order chi connectivity index (χ0) is 23.1. The second-order valence-electron chi connectivity index (χ2n) is 7.73. The van der Waals surface area contributed by atoms with Crippen LogP contribution in [0.1, 0.15) is 21.7 Å². The van der Waals surface area contributed by atoms with Crippen LogP contribution < -0.4 is 10.9 Å². The van der Waals surface area contributed by atoms with Gasteiger partial charge in [0, 0.05) is 40.7 Å². The molecule has 0 unspecified atom stereocenters. The summed E-state index contributed by atoms with van der Waals surface area (Å²) in [5.41, 5.74) is 2.67. The Morgan fingerprint density at radius 2 is 1.94 bits per heavy atom. The molecular formula is C24H20FN5O2S. The molecule has 0 radical (unpaired) electrons. The second kappa shape index (κ2) is 8.25. The van der Waals surface area contributed by atoms with Gasteiger partial charge in [0.1, 0.15) is 5.69 Å². The van der Waals surface area contributed by atoms with Crippen molar-refractivity contribution in [3.8, 4) is 0 Å². The Balaban J connectivity index is 1.37. The molecule has 7 nitrogen and oxygen atoms in total. The fourth-order valence-electron chi connectivity index (χ4n) is 3.82. The van der Waals surface area contributed by atoms with Gasteiger partial charge < -0.3 is 14.9 Å². The van der Waals surface area contributed by atoms with Gasteiger partial charge in [-0.2, -0.15) is 9.49 Å². The maximum absolute atomic E-state index is 13.9. The topological polar surface area (TPSA) is 95.6 Å². The first-order chi connectivity index (χ1) is 15.9. The Labute approximate surface area is 192 Å². The van der Waals surface area contributed by atoms with Crippen molar-refractivity contribution in [3.05, 3.63) is 88.0 Å². The van der Waals surface area contributed by atoms with Crippen molar-refractivity contribution in [1.82, 2.24) is 25.1 Å². The lowest BCUT2D eigenvalue weighted by molar-refractivity contribution is 0.0942. The van der Waals surface area contributed by atoms with Crippen molar-refractivity contribution in [2.45, 2.75) is 23.3 Å². The maximum atomic E-state index is 13.9. The zero-order valence-electron chi connectivity index (χ0n) is 17.9. The fourth-order valence-corrected chi connectivity index (χ4v) is 4.84. The number of halogens is 1. The zero-order valence-corrected chi connectivity index (χ0v) is 18.7. The Kier molecular flexibility index (Phi) is 5.26. The molecule has 0 atom stereocenters. The summed E-state index contributed by atoms with van der Waals surface area (Å²) in [4.78, 5) is 29.5. The van der Waals surface area contributed by atoms with Crippen LogP contribution in [-0.4, -0.2) is 25.7 Å². The average Bonchev–Trinajstić information content (AvgIpc) is 3.33. The molecule has 0 aliphatic carbocycles. The molecule has 33 heavy (non-hydrogen) atoms. The summed E-state index contributed by atoms with van der Waals surface area (Å²) in [6.07, 6.45) is 1.63. The fraction of sp³-hybridized carbons (Fsp3) is 0.125. The molecule has 2 aromatic carbocycles. The highest BCUT2D eigenvalue weighted by atomic mass is 32.2. The summed E-state index contributed by atoms with van der Waals surface area (Å²) in [7, 11) is 1.84. The van der Waals surface area contributed by atoms with E-state index in [1.807, 2.05) is 48.9 Å². The second-order valence-corrected chi connectivity index (χ2v) is 8.84. The van der Waals surface area contributed by atoms with E-state index in [2.05, 4.69) is 20.5 Å². The van der Waals surface area contributed by atoms with Crippen LogP contribution in [0.25, 0.3) is 21.7 Å². The molecule has 1 amide bonds. The summed E-state index contributed by atoms with van der Waals surface area (Å²) in [5, 5.41) is 11.0. The molecule has 3 N–H and O–H groups in total. The van der Waals surface area contributed by atoms with E-state index in [4.69, 9.17) is 0 Å². The Morgan fingerprint density at radius 3 is 2.76 bits per heavy atom. The molecule has 0 fully saturated rings. The largest absolute Gasteiger partial charge is 0.347 e. The van der Waals surface area contributed by atoms with E-state index >= 15 is 0 Å². The van der Waals surface area contributed by atoms with Crippen molar-refractivity contribution in [1.29, 1.82) is 0 Å². The summed E-state index contributed by atoms with van der Waals surface area (Å²) in [6.45, 7) is 2.21. The molecule has 0 spiro atoms. The molecular weight excluding hydrogens is 441 g/mol. The van der Waals surface area contributed by atoms with Gasteiger partial charge in [-0.1, -0.05) is 30.0 Å². The lowest BCUT2D eigenvalue weighted by atomic mass is 10.1. The minimum Gasteiger partial charge on any atom is -0.347 e. The van der Waals surface area contributed by atoms with Gasteiger partial charge in [0.2, 0.25) is 5.95 Å². The van der Waals surface area contributed by atoms with Gasteiger partial charge in [-0.05, 0) is 48.2 Å². The number of nitrogens with one attached hydrogen (secondary N) is 3. The van der Waals surface area contributed by atoms with Crippen LogP contribution in [0.5, 0.6) is 0 Å². The summed E-state index contributed by atoms with van der Waals surface area (Å²) in [6, 6.07) is 14.5. The molecule has 5 aromatic rings. The number of H-pyrrole nitrogens is 2. The molecule has 9 heteroatoms. The SMILES string of the molecule is Cc1c(Sc2ccc3n[nH]c(F)c3c2)cc(C(=O)NCc2c[nH]c(=O)c3ccccc23)n1C. The minimum absolute atomic E-state index is 0.158. The Morgan fingerprint density at radius 1 is 1.15 bits per heavy atom. The number of hydrogen-bond acceptors (Lipinski definition) is 4. The third-order valence-electron chi connectivity index (χ3n) is 5.76. The van der Waals surface area contributed by atoms with Crippen LogP contribution in [0.4, 0.5) is 4.39 Å². The van der Waals surface area contributed by atoms with Crippen LogP contribution in [0.15, 0.2) is 69.3 Å². The highest BCUT2D eigenvalue weighted by molar-refractivity contribution is 7.99. The number of aromatic amines is 2. The van der Waals surface area contributed by atoms with Gasteiger partial charge in [0.25, 0.3) is 11.5 Å². The number of carbonyl (C=O) groups is 1. The Bertz CT molecular complexity index is 1580. The van der Waals surface area contributed by atoms with Gasteiger partial charge in [-0.25, -0.2) is 0 Å². The van der Waals surface area contributed by atoms with Crippen molar-refractivity contribution in [2.24, 2.45) is 7.05 Å². The quantitative estimate of drug-likeness (QED) is 0.364. The van der Waals surface area contributed by atoms with Crippen LogP contribution >= 0.6 is 11.8 Å². The number of hydrogen-bond donors (Lipinski definition) is 3. The number of rotatable bonds is 5. The lowest BCUT2D eigenvalue weighted by Crippen LogP contribution is -2.25. The van der Waals surface area contributed by atoms with E-state index in [9.17, 15) is 14.0 Å². The van der Waals surface area contributed by atoms with E-state index in [-0.39, 0.29) is 18.0 Å². The van der Waals surface area contributed by atoms with Gasteiger partial charge in [0.15, 0.2) is 0 Å². The number of benzene rings is 2. The van der Waals surface area contributed by atoms with Crippen LogP contribution in [0.2, 0.25) is 0 Å². The number of pyridine rings is 1. The van der Waals surface area contributed by atoms with Crippen molar-refractivity contribution >= 4 is 39.3 Å². The first-order valence-corrected chi connectivity index (χ1v) is 11.1. The number of nitrogens with zero attached hydrogens (tertiary/aromatic N) is 2. The highest BCUT2D eigenvalue weighted by Gasteiger charge is 2.17. The highest BCUT2D eigenvalue weighted by Crippen LogP contribution is 2.34. The van der Waals surface area contributed by atoms with Crippen molar-refractivity contribution in [3.63, 3.8) is 0 Å². The summed E-state index contributed by atoms with van der Waals surface area (Å²) >= 11 is 1.46. The van der Waals surface area contributed by atoms with Crippen LogP contribution in [0.3, 0.4) is 0 Å². The normalized spacial score (nSPS) is 11.4. The van der Waals surface area contributed by atoms with E-state index in [0.29, 0.717) is 22.0 Å². The summed E-state index contributed by atoms with van der Waals surface area (Å²) < 4.78 is 15.7. The first kappa shape index (κ1) is 21.0. The van der Waals surface area contributed by atoms with E-state index in [1.165, 1.54) is 11.8 Å². The van der Waals surface area contributed by atoms with Crippen LogP contribution in [0, 0.1) is 12.9 Å². The number of carbonyl (C=O) groups excluding carboxylic acids is 1. The van der Waals surface area contributed by atoms with E-state index in [0.717, 1.165) is 26.4 Å². The molecule has 0 saturated carbocycles. The molecule has 0 saturated heterocycles. The predicted molar refractivity (Wildman–Crippen MR) is 126 cm³/mol. The molecule has 0 bridgehead atoms. The molecule has 0 aliphatic rings. The van der Waals surface area contributed by atoms with Crippen molar-refractivity contribution < 1.29 is 9.18 Å². The van der Waals surface area contributed by atoms with Gasteiger partial charge in [-0.3, -0.25) is 14.7 Å². The van der Waals surface area contributed by atoms with Gasteiger partial charge >= 0.3 is 0 Å². The van der Waals surface area contributed by atoms with Crippen molar-refractivity contribution in [2.75, 3.05) is 0 Å². The van der Waals surface area contributed by atoms with Gasteiger partial charge in [-0.15, -0.1) is 0 Å². The van der Waals surface area contributed by atoms with E-state index in [1.54, 1.807) is 24.4 Å². The monoisotopic (exact) mass is 461 g/mol. The number of aromatic nitrogens is 4. The smallest absolute Gasteiger partial charge is 0.268 e. The molecule has 3 aromatic heterocycles. The standard InChI is InChI=1S/C24H20FN5O2S/c1-13-21(33-15-7-8-19-18(9-15)22(25)29-28-19)10-20(30(13)2)24(32)27-12-14-11-26-23(31)17-6-4-3-5-16(14)17/h3-11H,12H2,1-2H3,(H,26,31)(H,27,32)(H,28,29). The first-order valence-electron chi connectivity index (χ1n) is 10.3. The third-order valence-corrected chi connectivity index (χ3v) is 6.89. The molecule has 0 aliphatic heterocycles. The summed E-state index contributed by atoms with van der Waals surface area (Å²) in [5.74, 6) is -0.689. The molecule has 166 valence electrons. The van der Waals surface area contributed by atoms with E-state index < -0.39 is 5.95 Å².